The molecule has 0 amide bonds. The highest BCUT2D eigenvalue weighted by Crippen LogP contribution is 2.19. The zero-order valence-electron chi connectivity index (χ0n) is 6.57. The van der Waals surface area contributed by atoms with Crippen molar-refractivity contribution in [2.45, 2.75) is 6.04 Å². The van der Waals surface area contributed by atoms with Crippen LogP contribution in [0.1, 0.15) is 11.6 Å². The van der Waals surface area contributed by atoms with Crippen molar-refractivity contribution in [2.75, 3.05) is 0 Å². The van der Waals surface area contributed by atoms with Crippen molar-refractivity contribution in [2.24, 2.45) is 4.99 Å². The zero-order valence-corrected chi connectivity index (χ0v) is 7.32. The maximum atomic E-state index is 9.96. The Balaban J connectivity index is 3.06. The highest BCUT2D eigenvalue weighted by Gasteiger charge is 2.07. The Kier molecular flexibility index (Phi) is 3.22. The molecule has 0 aromatic heterocycles. The zero-order chi connectivity index (χ0) is 9.68. The molecule has 0 saturated carbocycles. The second-order valence-corrected chi connectivity index (χ2v) is 2.74. The van der Waals surface area contributed by atoms with Crippen molar-refractivity contribution >= 4 is 17.7 Å². The third-order valence-electron chi connectivity index (χ3n) is 1.47. The molecule has 13 heavy (non-hydrogen) atoms. The predicted molar refractivity (Wildman–Crippen MR) is 47.9 cm³/mol. The molecule has 0 aliphatic rings. The molecule has 0 spiro atoms. The second kappa shape index (κ2) is 4.42. The molecule has 0 radical (unpaired) electrons. The van der Waals surface area contributed by atoms with E-state index in [1.807, 2.05) is 6.07 Å². The van der Waals surface area contributed by atoms with E-state index in [4.69, 9.17) is 16.9 Å². The number of hydrogen-bond donors (Lipinski definition) is 0. The van der Waals surface area contributed by atoms with Crippen LogP contribution in [-0.4, -0.2) is 6.08 Å². The summed E-state index contributed by atoms with van der Waals surface area (Å²) in [5.74, 6) is 0. The topological polar surface area (TPSA) is 53.2 Å². The highest BCUT2D eigenvalue weighted by atomic mass is 35.5. The van der Waals surface area contributed by atoms with Gasteiger partial charge in [0.15, 0.2) is 6.04 Å². The molecule has 0 aliphatic carbocycles. The van der Waals surface area contributed by atoms with Crippen LogP contribution in [0.2, 0.25) is 5.02 Å². The van der Waals surface area contributed by atoms with Crippen LogP contribution in [0, 0.1) is 11.3 Å². The Morgan fingerprint density at radius 3 is 2.85 bits per heavy atom. The number of hydrogen-bond acceptors (Lipinski definition) is 3. The number of halogens is 1. The molecule has 0 N–H and O–H groups in total. The van der Waals surface area contributed by atoms with Gasteiger partial charge in [0.05, 0.1) is 6.07 Å². The third-order valence-corrected chi connectivity index (χ3v) is 1.70. The molecule has 0 fully saturated rings. The van der Waals surface area contributed by atoms with Crippen LogP contribution in [0.25, 0.3) is 0 Å². The Labute approximate surface area is 80.3 Å². The molecular formula is C9H5ClN2O. The second-order valence-electron chi connectivity index (χ2n) is 2.31. The normalized spacial score (nSPS) is 11.1. The van der Waals surface area contributed by atoms with Crippen molar-refractivity contribution in [1.82, 2.24) is 0 Å². The fraction of sp³-hybridized carbons (Fsp3) is 0.111. The molecule has 1 unspecified atom stereocenters. The number of nitrogens with zero attached hydrogens (tertiary/aromatic N) is 2. The molecule has 0 saturated heterocycles. The standard InChI is InChI=1S/C9H5ClN2O/c10-8-3-1-2-7(4-8)9(5-11)12-6-13/h1-4,9H. The van der Waals surface area contributed by atoms with Crippen molar-refractivity contribution in [3.05, 3.63) is 34.9 Å². The van der Waals surface area contributed by atoms with E-state index in [-0.39, 0.29) is 0 Å². The van der Waals surface area contributed by atoms with Gasteiger partial charge in [0.25, 0.3) is 0 Å². The van der Waals surface area contributed by atoms with Gasteiger partial charge in [0.1, 0.15) is 0 Å². The lowest BCUT2D eigenvalue weighted by atomic mass is 10.1. The van der Waals surface area contributed by atoms with Crippen LogP contribution in [0.5, 0.6) is 0 Å². The quantitative estimate of drug-likeness (QED) is 0.533. The van der Waals surface area contributed by atoms with Crippen LogP contribution in [0.3, 0.4) is 0 Å². The van der Waals surface area contributed by atoms with E-state index >= 15 is 0 Å². The number of rotatable bonds is 2. The van der Waals surface area contributed by atoms with Gasteiger partial charge in [-0.1, -0.05) is 23.7 Å². The van der Waals surface area contributed by atoms with Gasteiger partial charge in [-0.2, -0.15) is 10.3 Å². The maximum Gasteiger partial charge on any atom is 0.236 e. The fourth-order valence-corrected chi connectivity index (χ4v) is 1.11. The molecule has 0 heterocycles. The fourth-order valence-electron chi connectivity index (χ4n) is 0.907. The molecule has 0 bridgehead atoms. The number of isocyanates is 1. The summed E-state index contributed by atoms with van der Waals surface area (Å²) in [6.45, 7) is 0. The summed E-state index contributed by atoms with van der Waals surface area (Å²) in [7, 11) is 0. The Bertz CT molecular complexity index is 391. The molecule has 0 aliphatic heterocycles. The van der Waals surface area contributed by atoms with Gasteiger partial charge in [-0.3, -0.25) is 0 Å². The molecule has 1 rings (SSSR count). The van der Waals surface area contributed by atoms with Gasteiger partial charge in [-0.25, -0.2) is 4.79 Å². The summed E-state index contributed by atoms with van der Waals surface area (Å²) in [6.07, 6.45) is 1.35. The van der Waals surface area contributed by atoms with E-state index in [9.17, 15) is 4.79 Å². The summed E-state index contributed by atoms with van der Waals surface area (Å²) in [4.78, 5) is 13.3. The highest BCUT2D eigenvalue weighted by molar-refractivity contribution is 6.30. The van der Waals surface area contributed by atoms with Crippen LogP contribution in [0.4, 0.5) is 0 Å². The van der Waals surface area contributed by atoms with Gasteiger partial charge < -0.3 is 0 Å². The first-order chi connectivity index (χ1) is 6.27. The van der Waals surface area contributed by atoms with E-state index in [1.165, 1.54) is 6.08 Å². The van der Waals surface area contributed by atoms with Crippen molar-refractivity contribution in [1.29, 1.82) is 5.26 Å². The van der Waals surface area contributed by atoms with Gasteiger partial charge in [-0.15, -0.1) is 0 Å². The lowest BCUT2D eigenvalue weighted by Gasteiger charge is -2.00. The predicted octanol–water partition coefficient (Wildman–Crippen LogP) is 2.24. The maximum absolute atomic E-state index is 9.96. The molecule has 64 valence electrons. The van der Waals surface area contributed by atoms with E-state index in [2.05, 4.69) is 4.99 Å². The summed E-state index contributed by atoms with van der Waals surface area (Å²) >= 11 is 5.70. The largest absolute Gasteiger partial charge is 0.236 e. The SMILES string of the molecule is N#CC(N=C=O)c1cccc(Cl)c1. The lowest BCUT2D eigenvalue weighted by Crippen LogP contribution is -1.90. The van der Waals surface area contributed by atoms with Crippen LogP contribution >= 0.6 is 11.6 Å². The molecule has 3 nitrogen and oxygen atoms in total. The third kappa shape index (κ3) is 2.41. The molecular weight excluding hydrogens is 188 g/mol. The van der Waals surface area contributed by atoms with Crippen LogP contribution < -0.4 is 0 Å². The Morgan fingerprint density at radius 2 is 2.31 bits per heavy atom. The number of benzene rings is 1. The van der Waals surface area contributed by atoms with E-state index in [1.54, 1.807) is 24.3 Å². The summed E-state index contributed by atoms with van der Waals surface area (Å²) in [5.41, 5.74) is 0.596. The monoisotopic (exact) mass is 192 g/mol. The first kappa shape index (κ1) is 9.47. The molecule has 1 atom stereocenters. The smallest absolute Gasteiger partial charge is 0.211 e. The molecule has 4 heteroatoms. The van der Waals surface area contributed by atoms with E-state index < -0.39 is 6.04 Å². The van der Waals surface area contributed by atoms with Crippen molar-refractivity contribution in [3.63, 3.8) is 0 Å². The van der Waals surface area contributed by atoms with Gasteiger partial charge in [0.2, 0.25) is 6.08 Å². The summed E-state index contributed by atoms with van der Waals surface area (Å²) < 4.78 is 0. The average molecular weight is 193 g/mol. The van der Waals surface area contributed by atoms with Crippen molar-refractivity contribution < 1.29 is 4.79 Å². The molecule has 1 aromatic rings. The minimum atomic E-state index is -0.809. The van der Waals surface area contributed by atoms with Gasteiger partial charge in [0, 0.05) is 5.02 Å². The number of nitriles is 1. The van der Waals surface area contributed by atoms with Crippen molar-refractivity contribution in [3.8, 4) is 6.07 Å². The Morgan fingerprint density at radius 1 is 1.54 bits per heavy atom. The number of aliphatic imine (C=N–C) groups is 1. The lowest BCUT2D eigenvalue weighted by molar-refractivity contribution is 0.561. The number of carbonyl (C=O) groups excluding carboxylic acids is 1. The van der Waals surface area contributed by atoms with E-state index in [0.717, 1.165) is 0 Å². The van der Waals surface area contributed by atoms with Crippen LogP contribution in [-0.2, 0) is 4.79 Å². The first-order valence-electron chi connectivity index (χ1n) is 3.50. The van der Waals surface area contributed by atoms with Crippen LogP contribution in [0.15, 0.2) is 29.3 Å². The summed E-state index contributed by atoms with van der Waals surface area (Å²) in [6, 6.07) is 7.71. The first-order valence-corrected chi connectivity index (χ1v) is 3.88. The van der Waals surface area contributed by atoms with E-state index in [0.29, 0.717) is 10.6 Å². The molecule has 1 aromatic carbocycles. The van der Waals surface area contributed by atoms with Gasteiger partial charge in [-0.05, 0) is 17.7 Å². The summed E-state index contributed by atoms with van der Waals surface area (Å²) in [5, 5.41) is 9.15. The minimum Gasteiger partial charge on any atom is -0.211 e. The average Bonchev–Trinajstić information content (AvgIpc) is 2.14. The minimum absolute atomic E-state index is 0.513. The van der Waals surface area contributed by atoms with Gasteiger partial charge >= 0.3 is 0 Å². The Hall–Kier alpha value is -1.62.